The molecule has 1 rings (SSSR count). The number of carbonyl (C=O) groups excluding carboxylic acids is 2. The van der Waals surface area contributed by atoms with E-state index < -0.39 is 16.9 Å². The first-order chi connectivity index (χ1) is 11.4. The predicted molar refractivity (Wildman–Crippen MR) is 97.8 cm³/mol. The maximum atomic E-state index is 12.1. The van der Waals surface area contributed by atoms with Crippen molar-refractivity contribution < 1.29 is 14.5 Å². The molecule has 140 valence electrons. The van der Waals surface area contributed by atoms with Gasteiger partial charge in [-0.25, -0.2) is 0 Å². The van der Waals surface area contributed by atoms with Crippen molar-refractivity contribution in [3.63, 3.8) is 0 Å². The maximum absolute atomic E-state index is 12.1. The third-order valence-corrected chi connectivity index (χ3v) is 3.60. The molecule has 0 aromatic heterocycles. The number of nitro groups is 1. The van der Waals surface area contributed by atoms with E-state index in [1.807, 2.05) is 0 Å². The van der Waals surface area contributed by atoms with Gasteiger partial charge in [0.2, 0.25) is 5.91 Å². The molecule has 0 bridgehead atoms. The first-order valence-electron chi connectivity index (χ1n) is 7.94. The van der Waals surface area contributed by atoms with Crippen LogP contribution in [0.5, 0.6) is 0 Å². The molecule has 4 N–H and O–H groups in total. The molecule has 0 fully saturated rings. The summed E-state index contributed by atoms with van der Waals surface area (Å²) in [5.41, 5.74) is 5.58. The van der Waals surface area contributed by atoms with Crippen molar-refractivity contribution in [3.8, 4) is 0 Å². The third-order valence-electron chi connectivity index (χ3n) is 3.60. The fourth-order valence-corrected chi connectivity index (χ4v) is 2.13. The van der Waals surface area contributed by atoms with Gasteiger partial charge in [0, 0.05) is 30.3 Å². The molecule has 0 radical (unpaired) electrons. The minimum atomic E-state index is -0.771. The van der Waals surface area contributed by atoms with Gasteiger partial charge in [0.25, 0.3) is 11.6 Å². The summed E-state index contributed by atoms with van der Waals surface area (Å²) in [6.07, 6.45) is 2.74. The van der Waals surface area contributed by atoms with Gasteiger partial charge in [-0.2, -0.15) is 0 Å². The van der Waals surface area contributed by atoms with Gasteiger partial charge in [0.05, 0.1) is 4.92 Å². The summed E-state index contributed by atoms with van der Waals surface area (Å²) < 4.78 is 0. The highest BCUT2D eigenvalue weighted by molar-refractivity contribution is 5.97. The minimum Gasteiger partial charge on any atom is -0.350 e. The number of rotatable bonds is 9. The first-order valence-corrected chi connectivity index (χ1v) is 7.94. The Morgan fingerprint density at radius 3 is 2.56 bits per heavy atom. The molecule has 0 spiro atoms. The average molecular weight is 373 g/mol. The Hall–Kier alpha value is -2.19. The number of carbonyl (C=O) groups is 2. The van der Waals surface area contributed by atoms with Crippen LogP contribution >= 0.6 is 12.4 Å². The minimum absolute atomic E-state index is 0. The zero-order chi connectivity index (χ0) is 18.1. The molecule has 0 aliphatic carbocycles. The van der Waals surface area contributed by atoms with Crippen LogP contribution in [0.3, 0.4) is 0 Å². The molecule has 0 aliphatic heterocycles. The van der Waals surface area contributed by atoms with E-state index in [9.17, 15) is 19.7 Å². The van der Waals surface area contributed by atoms with Crippen LogP contribution in [0.1, 0.15) is 43.5 Å². The molecular weight excluding hydrogens is 348 g/mol. The van der Waals surface area contributed by atoms with Crippen LogP contribution < -0.4 is 16.4 Å². The van der Waals surface area contributed by atoms with Crippen molar-refractivity contribution in [1.82, 2.24) is 10.6 Å². The van der Waals surface area contributed by atoms with Crippen molar-refractivity contribution in [1.29, 1.82) is 0 Å². The molecule has 0 heterocycles. The number of nitrogens with zero attached hydrogens (tertiary/aromatic N) is 1. The van der Waals surface area contributed by atoms with E-state index in [4.69, 9.17) is 5.73 Å². The van der Waals surface area contributed by atoms with Gasteiger partial charge in [-0.15, -0.1) is 12.4 Å². The molecule has 2 unspecified atom stereocenters. The van der Waals surface area contributed by atoms with Gasteiger partial charge in [-0.3, -0.25) is 19.7 Å². The van der Waals surface area contributed by atoms with Crippen LogP contribution in [0.2, 0.25) is 0 Å². The molecule has 1 aromatic rings. The molecule has 8 nitrogen and oxygen atoms in total. The monoisotopic (exact) mass is 372 g/mol. The van der Waals surface area contributed by atoms with E-state index in [0.29, 0.717) is 6.54 Å². The fraction of sp³-hybridized carbons (Fsp3) is 0.500. The topological polar surface area (TPSA) is 127 Å². The lowest BCUT2D eigenvalue weighted by molar-refractivity contribution is -0.384. The number of nitrogens with two attached hydrogens (primary N) is 1. The highest BCUT2D eigenvalue weighted by atomic mass is 35.5. The molecule has 2 atom stereocenters. The lowest BCUT2D eigenvalue weighted by Gasteiger charge is -2.20. The summed E-state index contributed by atoms with van der Waals surface area (Å²) in [4.78, 5) is 34.4. The van der Waals surface area contributed by atoms with Crippen molar-refractivity contribution in [2.24, 2.45) is 5.73 Å². The Bertz CT molecular complexity index is 597. The van der Waals surface area contributed by atoms with Gasteiger partial charge in [-0.1, -0.05) is 25.8 Å². The van der Waals surface area contributed by atoms with Crippen molar-refractivity contribution in [3.05, 3.63) is 39.9 Å². The second-order valence-electron chi connectivity index (χ2n) is 5.59. The van der Waals surface area contributed by atoms with Crippen LogP contribution in [0.25, 0.3) is 0 Å². The number of amides is 2. The van der Waals surface area contributed by atoms with E-state index >= 15 is 0 Å². The van der Waals surface area contributed by atoms with Crippen molar-refractivity contribution in [2.45, 2.75) is 45.2 Å². The average Bonchev–Trinajstić information content (AvgIpc) is 2.58. The quantitative estimate of drug-likeness (QED) is 0.449. The van der Waals surface area contributed by atoms with E-state index in [0.717, 1.165) is 19.3 Å². The van der Waals surface area contributed by atoms with Crippen molar-refractivity contribution in [2.75, 3.05) is 6.54 Å². The number of unbranched alkanes of at least 4 members (excludes halogenated alkanes) is 1. The summed E-state index contributed by atoms with van der Waals surface area (Å²) >= 11 is 0. The normalized spacial score (nSPS) is 12.4. The Kier molecular flexibility index (Phi) is 10.4. The Balaban J connectivity index is 0.00000576. The Labute approximate surface area is 153 Å². The summed E-state index contributed by atoms with van der Waals surface area (Å²) in [6.45, 7) is 3.94. The number of halogens is 1. The summed E-state index contributed by atoms with van der Waals surface area (Å²) in [6, 6.07) is 4.45. The van der Waals surface area contributed by atoms with Crippen LogP contribution in [-0.4, -0.2) is 35.4 Å². The molecule has 0 saturated carbocycles. The summed E-state index contributed by atoms with van der Waals surface area (Å²) in [5.74, 6) is -0.875. The van der Waals surface area contributed by atoms with Gasteiger partial charge < -0.3 is 16.4 Å². The molecule has 9 heteroatoms. The maximum Gasteiger partial charge on any atom is 0.270 e. The number of hydrogen-bond donors (Lipinski definition) is 3. The summed E-state index contributed by atoms with van der Waals surface area (Å²) in [5, 5.41) is 16.1. The van der Waals surface area contributed by atoms with Gasteiger partial charge in [0.15, 0.2) is 0 Å². The second-order valence-corrected chi connectivity index (χ2v) is 5.59. The number of nitro benzene ring substituents is 1. The van der Waals surface area contributed by atoms with Gasteiger partial charge in [0.1, 0.15) is 6.04 Å². The highest BCUT2D eigenvalue weighted by Gasteiger charge is 2.20. The SMILES string of the molecule is CCCCC(CN)NC(=O)C(C)NC(=O)c1cccc([N+](=O)[O-])c1.Cl. The van der Waals surface area contributed by atoms with E-state index in [2.05, 4.69) is 17.6 Å². The lowest BCUT2D eigenvalue weighted by atomic mass is 10.1. The smallest absolute Gasteiger partial charge is 0.270 e. The molecule has 0 aliphatic rings. The number of benzene rings is 1. The van der Waals surface area contributed by atoms with Crippen LogP contribution in [0.4, 0.5) is 5.69 Å². The zero-order valence-corrected chi connectivity index (χ0v) is 15.2. The molecule has 0 saturated heterocycles. The van der Waals surface area contributed by atoms with Crippen molar-refractivity contribution >= 4 is 29.9 Å². The number of hydrogen-bond acceptors (Lipinski definition) is 5. The lowest BCUT2D eigenvalue weighted by Crippen LogP contribution is -2.50. The zero-order valence-electron chi connectivity index (χ0n) is 14.4. The van der Waals surface area contributed by atoms with Crippen LogP contribution in [0, 0.1) is 10.1 Å². The Morgan fingerprint density at radius 2 is 2.00 bits per heavy atom. The molecule has 2 amide bonds. The standard InChI is InChI=1S/C16H24N4O4.ClH/c1-3-4-7-13(10-17)19-15(21)11(2)18-16(22)12-6-5-8-14(9-12)20(23)24;/h5-6,8-9,11,13H,3-4,7,10,17H2,1-2H3,(H,18,22)(H,19,21);1H. The van der Waals surface area contributed by atoms with Crippen LogP contribution in [0.15, 0.2) is 24.3 Å². The summed E-state index contributed by atoms with van der Waals surface area (Å²) in [7, 11) is 0. The number of non-ortho nitro benzene ring substituents is 1. The largest absolute Gasteiger partial charge is 0.350 e. The fourth-order valence-electron chi connectivity index (χ4n) is 2.13. The molecule has 1 aromatic carbocycles. The van der Waals surface area contributed by atoms with E-state index in [1.54, 1.807) is 6.92 Å². The highest BCUT2D eigenvalue weighted by Crippen LogP contribution is 2.13. The predicted octanol–water partition coefficient (Wildman–Crippen LogP) is 1.77. The van der Waals surface area contributed by atoms with E-state index in [1.165, 1.54) is 24.3 Å². The molecule has 25 heavy (non-hydrogen) atoms. The first kappa shape index (κ1) is 22.8. The Morgan fingerprint density at radius 1 is 1.32 bits per heavy atom. The van der Waals surface area contributed by atoms with Gasteiger partial charge in [-0.05, 0) is 19.4 Å². The van der Waals surface area contributed by atoms with Gasteiger partial charge >= 0.3 is 0 Å². The van der Waals surface area contributed by atoms with E-state index in [-0.39, 0.29) is 35.6 Å². The molecular formula is C16H25ClN4O4. The van der Waals surface area contributed by atoms with Crippen LogP contribution in [-0.2, 0) is 4.79 Å². The number of nitrogens with one attached hydrogen (secondary N) is 2. The second kappa shape index (κ2) is 11.4. The third kappa shape index (κ3) is 7.49.